The van der Waals surface area contributed by atoms with Crippen molar-refractivity contribution >= 4 is 5.97 Å². The van der Waals surface area contributed by atoms with E-state index in [-0.39, 0.29) is 5.97 Å². The molecule has 0 aliphatic rings. The smallest absolute Gasteiger partial charge is 0.330 e. The van der Waals surface area contributed by atoms with Gasteiger partial charge in [0.2, 0.25) is 0 Å². The average Bonchev–Trinajstić information content (AvgIpc) is 2.28. The van der Waals surface area contributed by atoms with Gasteiger partial charge in [0.15, 0.2) is 0 Å². The fraction of sp³-hybridized carbons (Fsp3) is 0.750. The van der Waals surface area contributed by atoms with Gasteiger partial charge < -0.3 is 9.64 Å². The van der Waals surface area contributed by atoms with Crippen molar-refractivity contribution in [1.29, 1.82) is 0 Å². The number of nitrogens with zero attached hydrogens (tertiary/aromatic N) is 1. The summed E-state index contributed by atoms with van der Waals surface area (Å²) in [7, 11) is 0. The summed E-state index contributed by atoms with van der Waals surface area (Å²) >= 11 is 0. The van der Waals surface area contributed by atoms with Crippen LogP contribution in [0.15, 0.2) is 12.7 Å². The van der Waals surface area contributed by atoms with Crippen molar-refractivity contribution in [2.24, 2.45) is 0 Å². The third kappa shape index (κ3) is 8.18. The summed E-state index contributed by atoms with van der Waals surface area (Å²) in [6.45, 7) is 11.6. The van der Waals surface area contributed by atoms with E-state index in [1.807, 2.05) is 0 Å². The second-order valence-electron chi connectivity index (χ2n) is 3.46. The summed E-state index contributed by atoms with van der Waals surface area (Å²) < 4.78 is 4.88. The second-order valence-corrected chi connectivity index (χ2v) is 3.46. The van der Waals surface area contributed by atoms with Crippen LogP contribution in [0.5, 0.6) is 0 Å². The summed E-state index contributed by atoms with van der Waals surface area (Å²) in [5, 5.41) is 0. The summed E-state index contributed by atoms with van der Waals surface area (Å²) in [6, 6.07) is 0. The Morgan fingerprint density at radius 1 is 1.27 bits per heavy atom. The zero-order chi connectivity index (χ0) is 11.5. The van der Waals surface area contributed by atoms with Crippen molar-refractivity contribution in [2.75, 3.05) is 26.2 Å². The maximum Gasteiger partial charge on any atom is 0.330 e. The molecule has 3 nitrogen and oxygen atoms in total. The normalized spacial score (nSPS) is 10.3. The minimum Gasteiger partial charge on any atom is -0.463 e. The van der Waals surface area contributed by atoms with E-state index in [1.165, 1.54) is 12.5 Å². The first-order chi connectivity index (χ1) is 7.24. The maximum absolute atomic E-state index is 10.7. The molecular weight excluding hydrogens is 190 g/mol. The minimum absolute atomic E-state index is 0.321. The predicted molar refractivity (Wildman–Crippen MR) is 62.8 cm³/mol. The van der Waals surface area contributed by atoms with Crippen molar-refractivity contribution in [3.8, 4) is 0 Å². The SMILES string of the molecule is C=CC(=O)OCCCCCN(CC)CC. The van der Waals surface area contributed by atoms with Gasteiger partial charge in [-0.3, -0.25) is 0 Å². The lowest BCUT2D eigenvalue weighted by atomic mass is 10.2. The third-order valence-corrected chi connectivity index (χ3v) is 2.42. The number of hydrogen-bond acceptors (Lipinski definition) is 3. The molecule has 0 spiro atoms. The van der Waals surface area contributed by atoms with Crippen molar-refractivity contribution in [2.45, 2.75) is 33.1 Å². The molecule has 0 fully saturated rings. The van der Waals surface area contributed by atoms with Crippen molar-refractivity contribution < 1.29 is 9.53 Å². The van der Waals surface area contributed by atoms with Crippen LogP contribution in [0.25, 0.3) is 0 Å². The average molecular weight is 213 g/mol. The molecule has 0 radical (unpaired) electrons. The Morgan fingerprint density at radius 3 is 2.47 bits per heavy atom. The van der Waals surface area contributed by atoms with E-state index >= 15 is 0 Å². The molecule has 15 heavy (non-hydrogen) atoms. The maximum atomic E-state index is 10.7. The van der Waals surface area contributed by atoms with E-state index in [1.54, 1.807) is 0 Å². The van der Waals surface area contributed by atoms with Gasteiger partial charge in [0.05, 0.1) is 6.61 Å². The number of esters is 1. The standard InChI is InChI=1S/C12H23NO2/c1-4-12(14)15-11-9-7-8-10-13(5-2)6-3/h4H,1,5-11H2,2-3H3. The molecule has 0 heterocycles. The molecule has 0 aromatic heterocycles. The van der Waals surface area contributed by atoms with Crippen LogP contribution in [0.3, 0.4) is 0 Å². The lowest BCUT2D eigenvalue weighted by molar-refractivity contribution is -0.137. The minimum atomic E-state index is -0.321. The van der Waals surface area contributed by atoms with E-state index in [4.69, 9.17) is 4.74 Å². The lowest BCUT2D eigenvalue weighted by Crippen LogP contribution is -2.23. The molecule has 0 aromatic rings. The van der Waals surface area contributed by atoms with Crippen molar-refractivity contribution in [1.82, 2.24) is 4.90 Å². The van der Waals surface area contributed by atoms with Gasteiger partial charge in [0.1, 0.15) is 0 Å². The molecular formula is C12H23NO2. The van der Waals surface area contributed by atoms with Crippen LogP contribution in [0.1, 0.15) is 33.1 Å². The zero-order valence-corrected chi connectivity index (χ0v) is 10.00. The Balaban J connectivity index is 3.24. The molecule has 88 valence electrons. The first-order valence-electron chi connectivity index (χ1n) is 5.76. The molecule has 0 unspecified atom stereocenters. The number of unbranched alkanes of at least 4 members (excludes halogenated alkanes) is 2. The fourth-order valence-electron chi connectivity index (χ4n) is 1.39. The van der Waals surface area contributed by atoms with Crippen LogP contribution in [-0.2, 0) is 9.53 Å². The number of ether oxygens (including phenoxy) is 1. The molecule has 0 aliphatic heterocycles. The monoisotopic (exact) mass is 213 g/mol. The van der Waals surface area contributed by atoms with E-state index < -0.39 is 0 Å². The van der Waals surface area contributed by atoms with Gasteiger partial charge in [0, 0.05) is 6.08 Å². The van der Waals surface area contributed by atoms with Gasteiger partial charge in [-0.2, -0.15) is 0 Å². The van der Waals surface area contributed by atoms with Crippen molar-refractivity contribution in [3.05, 3.63) is 12.7 Å². The van der Waals surface area contributed by atoms with E-state index in [0.717, 1.165) is 32.5 Å². The molecule has 3 heteroatoms. The van der Waals surface area contributed by atoms with Crippen LogP contribution in [0, 0.1) is 0 Å². The van der Waals surface area contributed by atoms with Crippen LogP contribution in [-0.4, -0.2) is 37.1 Å². The van der Waals surface area contributed by atoms with Crippen molar-refractivity contribution in [3.63, 3.8) is 0 Å². The van der Waals surface area contributed by atoms with Crippen LogP contribution < -0.4 is 0 Å². The molecule has 0 aromatic carbocycles. The highest BCUT2D eigenvalue weighted by Crippen LogP contribution is 1.99. The second kappa shape index (κ2) is 9.71. The summed E-state index contributed by atoms with van der Waals surface area (Å²) in [5.74, 6) is -0.321. The predicted octanol–water partition coefficient (Wildman–Crippen LogP) is 2.23. The molecule has 0 amide bonds. The Morgan fingerprint density at radius 2 is 1.93 bits per heavy atom. The van der Waals surface area contributed by atoms with Gasteiger partial charge in [-0.1, -0.05) is 20.4 Å². The largest absolute Gasteiger partial charge is 0.463 e. The number of carbonyl (C=O) groups excluding carboxylic acids is 1. The Hall–Kier alpha value is -0.830. The lowest BCUT2D eigenvalue weighted by Gasteiger charge is -2.17. The topological polar surface area (TPSA) is 29.5 Å². The van der Waals surface area contributed by atoms with E-state index in [0.29, 0.717) is 6.61 Å². The first-order valence-corrected chi connectivity index (χ1v) is 5.76. The molecule has 0 rings (SSSR count). The quantitative estimate of drug-likeness (QED) is 0.334. The molecule has 0 aliphatic carbocycles. The summed E-state index contributed by atoms with van der Waals surface area (Å²) in [6.07, 6.45) is 4.44. The van der Waals surface area contributed by atoms with Gasteiger partial charge >= 0.3 is 5.97 Å². The number of rotatable bonds is 9. The summed E-state index contributed by atoms with van der Waals surface area (Å²) in [4.78, 5) is 13.1. The third-order valence-electron chi connectivity index (χ3n) is 2.42. The highest BCUT2D eigenvalue weighted by molar-refractivity contribution is 5.81. The van der Waals surface area contributed by atoms with E-state index in [9.17, 15) is 4.79 Å². The zero-order valence-electron chi connectivity index (χ0n) is 10.00. The Labute approximate surface area is 93.1 Å². The number of carbonyl (C=O) groups is 1. The highest BCUT2D eigenvalue weighted by Gasteiger charge is 1.99. The molecule has 0 N–H and O–H groups in total. The van der Waals surface area contributed by atoms with Gasteiger partial charge in [-0.05, 0) is 38.9 Å². The summed E-state index contributed by atoms with van der Waals surface area (Å²) in [5.41, 5.74) is 0. The molecule has 0 saturated carbocycles. The van der Waals surface area contributed by atoms with Crippen LogP contribution in [0.4, 0.5) is 0 Å². The number of hydrogen-bond donors (Lipinski definition) is 0. The molecule has 0 atom stereocenters. The van der Waals surface area contributed by atoms with Gasteiger partial charge in [-0.25, -0.2) is 4.79 Å². The van der Waals surface area contributed by atoms with Crippen LogP contribution >= 0.6 is 0 Å². The van der Waals surface area contributed by atoms with Crippen LogP contribution in [0.2, 0.25) is 0 Å². The van der Waals surface area contributed by atoms with Gasteiger partial charge in [-0.15, -0.1) is 0 Å². The van der Waals surface area contributed by atoms with Gasteiger partial charge in [0.25, 0.3) is 0 Å². The fourth-order valence-corrected chi connectivity index (χ4v) is 1.39. The molecule has 0 bridgehead atoms. The highest BCUT2D eigenvalue weighted by atomic mass is 16.5. The Bertz CT molecular complexity index is 176. The Kier molecular flexibility index (Phi) is 9.18. The van der Waals surface area contributed by atoms with E-state index in [2.05, 4.69) is 25.3 Å². The first kappa shape index (κ1) is 14.2. The molecule has 0 saturated heterocycles.